The van der Waals surface area contributed by atoms with Crippen molar-refractivity contribution < 1.29 is 19.1 Å². The molecule has 0 spiro atoms. The Morgan fingerprint density at radius 3 is 2.43 bits per heavy atom. The Morgan fingerprint density at radius 1 is 0.893 bits per heavy atom. The van der Waals surface area contributed by atoms with Crippen molar-refractivity contribution in [1.29, 1.82) is 0 Å². The van der Waals surface area contributed by atoms with Crippen molar-refractivity contribution in [3.63, 3.8) is 0 Å². The van der Waals surface area contributed by atoms with Crippen molar-refractivity contribution >= 4 is 28.4 Å². The molecule has 5 heteroatoms. The van der Waals surface area contributed by atoms with Gasteiger partial charge < -0.3 is 10.1 Å². The van der Waals surface area contributed by atoms with Gasteiger partial charge in [-0.25, -0.2) is 0 Å². The first-order chi connectivity index (χ1) is 13.4. The standard InChI is InChI=1S/C23H21NO4/c1-15-7-8-16(2)20(11-15)21(25)14-28-22(26)13-24-23(27)19-10-9-17-5-3-4-6-18(17)12-19/h3-12H,13-14H2,1-2H3,(H,24,27). The lowest BCUT2D eigenvalue weighted by atomic mass is 10.0. The maximum absolute atomic E-state index is 12.2. The molecule has 0 saturated carbocycles. The summed E-state index contributed by atoms with van der Waals surface area (Å²) in [6.07, 6.45) is 0. The highest BCUT2D eigenvalue weighted by atomic mass is 16.5. The van der Waals surface area contributed by atoms with Gasteiger partial charge in [0, 0.05) is 11.1 Å². The zero-order valence-electron chi connectivity index (χ0n) is 15.8. The Kier molecular flexibility index (Phi) is 5.84. The minimum Gasteiger partial charge on any atom is -0.456 e. The molecule has 0 atom stereocenters. The van der Waals surface area contributed by atoms with E-state index >= 15 is 0 Å². The molecule has 0 unspecified atom stereocenters. The molecular weight excluding hydrogens is 354 g/mol. The molecule has 28 heavy (non-hydrogen) atoms. The summed E-state index contributed by atoms with van der Waals surface area (Å²) >= 11 is 0. The number of carbonyl (C=O) groups excluding carboxylic acids is 3. The molecule has 1 N–H and O–H groups in total. The SMILES string of the molecule is Cc1ccc(C)c(C(=O)COC(=O)CNC(=O)c2ccc3ccccc3c2)c1. The van der Waals surface area contributed by atoms with Crippen LogP contribution in [0.2, 0.25) is 0 Å². The largest absolute Gasteiger partial charge is 0.456 e. The molecule has 142 valence electrons. The van der Waals surface area contributed by atoms with Gasteiger partial charge in [-0.3, -0.25) is 14.4 Å². The number of ether oxygens (including phenoxy) is 1. The van der Waals surface area contributed by atoms with E-state index in [1.807, 2.05) is 56.3 Å². The fourth-order valence-electron chi connectivity index (χ4n) is 2.90. The summed E-state index contributed by atoms with van der Waals surface area (Å²) in [5, 5.41) is 4.50. The van der Waals surface area contributed by atoms with Gasteiger partial charge in [-0.1, -0.05) is 48.0 Å². The lowest BCUT2D eigenvalue weighted by Gasteiger charge is -2.09. The lowest BCUT2D eigenvalue weighted by Crippen LogP contribution is -2.31. The Hall–Kier alpha value is -3.47. The molecule has 1 amide bonds. The molecule has 0 saturated heterocycles. The van der Waals surface area contributed by atoms with Crippen LogP contribution >= 0.6 is 0 Å². The summed E-state index contributed by atoms with van der Waals surface area (Å²) in [7, 11) is 0. The molecule has 0 heterocycles. The van der Waals surface area contributed by atoms with E-state index < -0.39 is 5.97 Å². The highest BCUT2D eigenvalue weighted by Crippen LogP contribution is 2.15. The minimum absolute atomic E-state index is 0.268. The quantitative estimate of drug-likeness (QED) is 0.528. The molecule has 3 aromatic rings. The monoisotopic (exact) mass is 375 g/mol. The van der Waals surface area contributed by atoms with Crippen molar-refractivity contribution in [3.8, 4) is 0 Å². The van der Waals surface area contributed by atoms with Gasteiger partial charge in [-0.05, 0) is 48.4 Å². The Balaban J connectivity index is 1.52. The van der Waals surface area contributed by atoms with Gasteiger partial charge in [0.15, 0.2) is 6.61 Å². The molecule has 0 aliphatic carbocycles. The van der Waals surface area contributed by atoms with Crippen LogP contribution in [0.4, 0.5) is 0 Å². The van der Waals surface area contributed by atoms with E-state index in [9.17, 15) is 14.4 Å². The van der Waals surface area contributed by atoms with Crippen LogP contribution in [0.1, 0.15) is 31.8 Å². The molecular formula is C23H21NO4. The van der Waals surface area contributed by atoms with E-state index in [2.05, 4.69) is 5.32 Å². The van der Waals surface area contributed by atoms with Crippen LogP contribution in [0, 0.1) is 13.8 Å². The minimum atomic E-state index is -0.659. The third-order valence-electron chi connectivity index (χ3n) is 4.46. The predicted octanol–water partition coefficient (Wildman–Crippen LogP) is 3.61. The molecule has 0 fully saturated rings. The van der Waals surface area contributed by atoms with E-state index in [0.717, 1.165) is 21.9 Å². The summed E-state index contributed by atoms with van der Waals surface area (Å²) in [4.78, 5) is 36.4. The van der Waals surface area contributed by atoms with Crippen LogP contribution < -0.4 is 5.32 Å². The fraction of sp³-hybridized carbons (Fsp3) is 0.174. The van der Waals surface area contributed by atoms with Gasteiger partial charge in [0.2, 0.25) is 5.78 Å². The number of esters is 1. The van der Waals surface area contributed by atoms with Crippen molar-refractivity contribution in [1.82, 2.24) is 5.32 Å². The molecule has 5 nitrogen and oxygen atoms in total. The van der Waals surface area contributed by atoms with E-state index in [0.29, 0.717) is 11.1 Å². The van der Waals surface area contributed by atoms with E-state index in [1.54, 1.807) is 18.2 Å². The maximum Gasteiger partial charge on any atom is 0.325 e. The zero-order valence-corrected chi connectivity index (χ0v) is 15.8. The van der Waals surface area contributed by atoms with Crippen molar-refractivity contribution in [3.05, 3.63) is 82.9 Å². The number of ketones is 1. The molecule has 0 radical (unpaired) electrons. The average molecular weight is 375 g/mol. The zero-order chi connectivity index (χ0) is 20.1. The number of fused-ring (bicyclic) bond motifs is 1. The number of amides is 1. The Labute approximate surface area is 163 Å². The van der Waals surface area contributed by atoms with Crippen molar-refractivity contribution in [2.75, 3.05) is 13.2 Å². The van der Waals surface area contributed by atoms with Gasteiger partial charge in [-0.2, -0.15) is 0 Å². The van der Waals surface area contributed by atoms with E-state index in [4.69, 9.17) is 4.74 Å². The normalized spacial score (nSPS) is 10.5. The number of Topliss-reactive ketones (excluding diaryl/α,β-unsaturated/α-hetero) is 1. The molecule has 3 aromatic carbocycles. The third kappa shape index (κ3) is 4.62. The number of nitrogens with one attached hydrogen (secondary N) is 1. The first-order valence-electron chi connectivity index (χ1n) is 8.97. The van der Waals surface area contributed by atoms with Gasteiger partial charge >= 0.3 is 5.97 Å². The second-order valence-corrected chi connectivity index (χ2v) is 6.65. The summed E-state index contributed by atoms with van der Waals surface area (Å²) in [5.74, 6) is -1.30. The number of benzene rings is 3. The number of rotatable bonds is 6. The number of carbonyl (C=O) groups is 3. The summed E-state index contributed by atoms with van der Waals surface area (Å²) in [6.45, 7) is 3.07. The number of hydrogen-bond acceptors (Lipinski definition) is 4. The maximum atomic E-state index is 12.2. The first-order valence-corrected chi connectivity index (χ1v) is 8.97. The summed E-state index contributed by atoms with van der Waals surface area (Å²) in [5.41, 5.74) is 2.78. The molecule has 0 bridgehead atoms. The van der Waals surface area contributed by atoms with Gasteiger partial charge in [0.25, 0.3) is 5.91 Å². The number of hydrogen-bond donors (Lipinski definition) is 1. The molecule has 0 aliphatic rings. The van der Waals surface area contributed by atoms with Gasteiger partial charge in [0.05, 0.1) is 0 Å². The predicted molar refractivity (Wildman–Crippen MR) is 107 cm³/mol. The summed E-state index contributed by atoms with van der Waals surface area (Å²) in [6, 6.07) is 18.6. The topological polar surface area (TPSA) is 72.5 Å². The molecule has 0 aromatic heterocycles. The second-order valence-electron chi connectivity index (χ2n) is 6.65. The van der Waals surface area contributed by atoms with Crippen LogP contribution in [0.15, 0.2) is 60.7 Å². The van der Waals surface area contributed by atoms with Crippen LogP contribution in [-0.4, -0.2) is 30.8 Å². The van der Waals surface area contributed by atoms with E-state index in [-0.39, 0.29) is 24.8 Å². The third-order valence-corrected chi connectivity index (χ3v) is 4.46. The first kappa shape index (κ1) is 19.3. The number of aryl methyl sites for hydroxylation is 2. The van der Waals surface area contributed by atoms with E-state index in [1.165, 1.54) is 0 Å². The van der Waals surface area contributed by atoms with Crippen LogP contribution in [0.25, 0.3) is 10.8 Å². The highest BCUT2D eigenvalue weighted by molar-refractivity contribution is 6.01. The van der Waals surface area contributed by atoms with Crippen LogP contribution in [0.5, 0.6) is 0 Å². The average Bonchev–Trinajstić information content (AvgIpc) is 2.71. The van der Waals surface area contributed by atoms with Crippen molar-refractivity contribution in [2.45, 2.75) is 13.8 Å². The molecule has 3 rings (SSSR count). The van der Waals surface area contributed by atoms with Crippen molar-refractivity contribution in [2.24, 2.45) is 0 Å². The Bertz CT molecular complexity index is 1060. The van der Waals surface area contributed by atoms with Crippen LogP contribution in [-0.2, 0) is 9.53 Å². The van der Waals surface area contributed by atoms with Gasteiger partial charge in [-0.15, -0.1) is 0 Å². The molecule has 0 aliphatic heterocycles. The van der Waals surface area contributed by atoms with Gasteiger partial charge in [0.1, 0.15) is 6.54 Å². The highest BCUT2D eigenvalue weighted by Gasteiger charge is 2.14. The lowest BCUT2D eigenvalue weighted by molar-refractivity contribution is -0.141. The second kappa shape index (κ2) is 8.48. The van der Waals surface area contributed by atoms with Crippen LogP contribution in [0.3, 0.4) is 0 Å². The summed E-state index contributed by atoms with van der Waals surface area (Å²) < 4.78 is 5.01. The fourth-order valence-corrected chi connectivity index (χ4v) is 2.90. The Morgan fingerprint density at radius 2 is 1.64 bits per heavy atom. The smallest absolute Gasteiger partial charge is 0.325 e.